The second-order valence-corrected chi connectivity index (χ2v) is 35.4. The molecule has 0 bridgehead atoms. The van der Waals surface area contributed by atoms with Crippen molar-refractivity contribution in [1.29, 1.82) is 0 Å². The van der Waals surface area contributed by atoms with Gasteiger partial charge in [-0.25, -0.2) is 0 Å². The minimum absolute atomic E-state index is 0.327. The molecule has 0 unspecified atom stereocenters. The standard InChI is InChI=1S/C6H12O2.2C5H5.Fe/c1-2-3-4-5-6(7)8;2*1-2-4-5-3-1;/h2-5H2,1H3,(H,7,8);2*1-5H;. The summed E-state index contributed by atoms with van der Waals surface area (Å²) in [5.41, 5.74) is 0. The van der Waals surface area contributed by atoms with Crippen molar-refractivity contribution in [3.05, 3.63) is 0 Å². The molecule has 0 atom stereocenters. The number of hydrogen-bond acceptors (Lipinski definition) is 1. The van der Waals surface area contributed by atoms with Gasteiger partial charge in [-0.2, -0.15) is 0 Å². The van der Waals surface area contributed by atoms with E-state index in [2.05, 4.69) is 6.92 Å². The van der Waals surface area contributed by atoms with Gasteiger partial charge in [-0.3, -0.25) is 4.79 Å². The van der Waals surface area contributed by atoms with Gasteiger partial charge in [-0.1, -0.05) is 19.8 Å². The Kier molecular flexibility index (Phi) is 0.343. The van der Waals surface area contributed by atoms with Crippen molar-refractivity contribution in [2.75, 3.05) is 0 Å². The van der Waals surface area contributed by atoms with Crippen molar-refractivity contribution in [2.45, 2.75) is 80.8 Å². The van der Waals surface area contributed by atoms with E-state index in [1.54, 1.807) is 48.2 Å². The third-order valence-corrected chi connectivity index (χ3v) is 57.5. The normalized spacial score (nSPS) is 103. The zero-order valence-electron chi connectivity index (χ0n) is 11.3. The summed E-state index contributed by atoms with van der Waals surface area (Å²) in [6, 6.07) is 0. The summed E-state index contributed by atoms with van der Waals surface area (Å²) in [6.07, 6.45) is 3.28. The molecule has 19 heavy (non-hydrogen) atoms. The van der Waals surface area contributed by atoms with E-state index in [9.17, 15) is 4.79 Å². The van der Waals surface area contributed by atoms with Crippen LogP contribution in [0.15, 0.2) is 0 Å². The molecule has 0 aromatic heterocycles. The van der Waals surface area contributed by atoms with E-state index in [1.807, 2.05) is 0 Å². The first-order valence-electron chi connectivity index (χ1n) is 8.36. The number of fused-ring (bicyclic) bond motifs is 10. The molecule has 0 aromatic carbocycles. The van der Waals surface area contributed by atoms with Crippen molar-refractivity contribution in [3.63, 3.8) is 0 Å². The molecule has 0 amide bonds. The Morgan fingerprint density at radius 2 is 1.21 bits per heavy atom. The van der Waals surface area contributed by atoms with E-state index in [-0.39, 0.29) is 0 Å². The Morgan fingerprint density at radius 1 is 0.842 bits per heavy atom. The molecule has 3 heteroatoms. The fourth-order valence-electron chi connectivity index (χ4n) is 16.3. The van der Waals surface area contributed by atoms with Crippen LogP contribution in [0.5, 0.6) is 0 Å². The van der Waals surface area contributed by atoms with Gasteiger partial charge < -0.3 is 5.11 Å². The van der Waals surface area contributed by atoms with Crippen LogP contribution in [0.2, 0.25) is 48.2 Å². The number of aliphatic carboxylic acids is 1. The Morgan fingerprint density at radius 3 is 1.37 bits per heavy atom. The molecular formula is C16H22FeO2. The molecule has 1 spiro atoms. The number of unbranched alkanes of at least 4 members (excludes halogenated alkanes) is 2. The van der Waals surface area contributed by atoms with Gasteiger partial charge in [0.05, 0.1) is 0 Å². The fraction of sp³-hybridized carbons (Fsp3) is 0.938. The molecular weight excluding hydrogens is 280 g/mol. The van der Waals surface area contributed by atoms with Crippen molar-refractivity contribution >= 4 is 5.97 Å². The third-order valence-electron chi connectivity index (χ3n) is 15.5. The zero-order chi connectivity index (χ0) is 12.5. The van der Waals surface area contributed by atoms with Crippen LogP contribution in [0.25, 0.3) is 0 Å². The van der Waals surface area contributed by atoms with Gasteiger partial charge >= 0.3 is 60.6 Å². The predicted molar refractivity (Wildman–Crippen MR) is 69.3 cm³/mol. The molecule has 0 saturated carbocycles. The topological polar surface area (TPSA) is 37.3 Å². The minimum atomic E-state index is -2.28. The van der Waals surface area contributed by atoms with Gasteiger partial charge in [0, 0.05) is 6.42 Å². The number of carboxylic acid groups (broad SMARTS) is 1. The number of carboxylic acids is 1. The average molecular weight is 302 g/mol. The van der Waals surface area contributed by atoms with Crippen molar-refractivity contribution in [1.82, 2.24) is 0 Å². The van der Waals surface area contributed by atoms with Gasteiger partial charge in [-0.15, -0.1) is 0 Å². The van der Waals surface area contributed by atoms with Crippen molar-refractivity contribution in [3.8, 4) is 0 Å². The molecule has 10 rings (SSSR count). The molecule has 10 heterocycles. The molecule has 106 valence electrons. The summed E-state index contributed by atoms with van der Waals surface area (Å²) in [5.74, 6) is -0.682. The second kappa shape index (κ2) is 0.772. The van der Waals surface area contributed by atoms with Crippen LogP contribution in [-0.2, 0) is 11.3 Å². The summed E-state index contributed by atoms with van der Waals surface area (Å²) in [7, 11) is 0. The summed E-state index contributed by atoms with van der Waals surface area (Å²) in [4.78, 5) is 25.8. The van der Waals surface area contributed by atoms with Gasteiger partial charge in [0.25, 0.3) is 0 Å². The maximum atomic E-state index is 9.87. The zero-order valence-corrected chi connectivity index (χ0v) is 12.4. The van der Waals surface area contributed by atoms with E-state index in [0.717, 1.165) is 19.3 Å². The Balaban J connectivity index is 0.0000000847. The van der Waals surface area contributed by atoms with Crippen molar-refractivity contribution < 1.29 is 16.4 Å². The van der Waals surface area contributed by atoms with Gasteiger partial charge in [0.2, 0.25) is 0 Å². The van der Waals surface area contributed by atoms with Crippen LogP contribution in [-0.4, -0.2) is 11.1 Å². The van der Waals surface area contributed by atoms with Gasteiger partial charge in [-0.05, 0) is 6.42 Å². The van der Waals surface area contributed by atoms with E-state index >= 15 is 0 Å². The van der Waals surface area contributed by atoms with Gasteiger partial charge in [0.1, 0.15) is 0 Å². The van der Waals surface area contributed by atoms with E-state index < -0.39 is 12.5 Å². The molecule has 0 aromatic rings. The van der Waals surface area contributed by atoms with Crippen LogP contribution in [0, 0.1) is 0 Å². The van der Waals surface area contributed by atoms with E-state index in [4.69, 9.17) is 5.11 Å². The van der Waals surface area contributed by atoms with E-state index in [1.165, 1.54) is 0 Å². The maximum absolute atomic E-state index is 9.87. The molecule has 0 radical (unpaired) electrons. The van der Waals surface area contributed by atoms with Crippen LogP contribution in [0.4, 0.5) is 0 Å². The summed E-state index contributed by atoms with van der Waals surface area (Å²) >= 11 is 0. The van der Waals surface area contributed by atoms with Crippen LogP contribution < -0.4 is 0 Å². The number of carbonyl (C=O) groups is 1. The Labute approximate surface area is 103 Å². The van der Waals surface area contributed by atoms with E-state index in [0.29, 0.717) is 6.42 Å². The molecule has 10 aliphatic heterocycles. The number of hydrogen-bond donors (Lipinski definition) is 1. The summed E-state index contributed by atoms with van der Waals surface area (Å²) in [5, 5.41) is 8.14. The molecule has 1 N–H and O–H groups in total. The molecule has 10 fully saturated rings. The Hall–Kier alpha value is -0.0105. The first-order chi connectivity index (χ1) is 8.93. The SMILES string of the molecule is CCCCCC(=O)O.[CH]12[CH]3[CH]4[CH]5[CH]1[Fe]23451678[CH]2[CH]1[CH]6[CH]7[CH]28. The average Bonchev–Trinajstić information content (AvgIpc) is 3.32. The quantitative estimate of drug-likeness (QED) is 0.584. The predicted octanol–water partition coefficient (Wildman–Crippen LogP) is 5.03. The van der Waals surface area contributed by atoms with Crippen LogP contribution >= 0.6 is 0 Å². The first-order valence-corrected chi connectivity index (χ1v) is 14.7. The molecule has 10 aliphatic rings. The van der Waals surface area contributed by atoms with Crippen LogP contribution in [0.3, 0.4) is 0 Å². The first kappa shape index (κ1) is 8.44. The third kappa shape index (κ3) is 0.109. The molecule has 2 nitrogen and oxygen atoms in total. The molecule has 10 saturated heterocycles. The number of rotatable bonds is 4. The second-order valence-electron chi connectivity index (χ2n) is 11.4. The van der Waals surface area contributed by atoms with Crippen LogP contribution in [0.1, 0.15) is 32.6 Å². The van der Waals surface area contributed by atoms with Gasteiger partial charge in [0.15, 0.2) is 0 Å². The van der Waals surface area contributed by atoms with Crippen molar-refractivity contribution in [2.24, 2.45) is 0 Å². The summed E-state index contributed by atoms with van der Waals surface area (Å²) < 4.78 is 0. The monoisotopic (exact) mass is 302 g/mol. The fourth-order valence-corrected chi connectivity index (χ4v) is 88.5. The molecule has 0 aliphatic carbocycles. The summed E-state index contributed by atoms with van der Waals surface area (Å²) in [6.45, 7) is -0.226. The Bertz CT molecular complexity index is 734.